The van der Waals surface area contributed by atoms with Gasteiger partial charge < -0.3 is 0 Å². The van der Waals surface area contributed by atoms with Crippen molar-refractivity contribution in [1.29, 1.82) is 0 Å². The van der Waals surface area contributed by atoms with Crippen molar-refractivity contribution in [2.45, 2.75) is 13.5 Å². The molecule has 1 aromatic rings. The van der Waals surface area contributed by atoms with Crippen LogP contribution in [0.3, 0.4) is 0 Å². The van der Waals surface area contributed by atoms with Crippen LogP contribution < -0.4 is 0 Å². The van der Waals surface area contributed by atoms with Crippen molar-refractivity contribution < 1.29 is 8.42 Å². The van der Waals surface area contributed by atoms with Crippen LogP contribution in [0, 0.1) is 6.92 Å². The number of halogens is 1. The summed E-state index contributed by atoms with van der Waals surface area (Å²) in [5.74, 6) is 0. The van der Waals surface area contributed by atoms with Crippen LogP contribution in [0.2, 0.25) is 0 Å². The first-order chi connectivity index (χ1) is 6.80. The van der Waals surface area contributed by atoms with Gasteiger partial charge in [-0.2, -0.15) is 0 Å². The number of benzene rings is 1. The molecule has 3 nitrogen and oxygen atoms in total. The third-order valence-electron chi connectivity index (χ3n) is 2.26. The van der Waals surface area contributed by atoms with Crippen LogP contribution in [-0.4, -0.2) is 26.0 Å². The van der Waals surface area contributed by atoms with Crippen molar-refractivity contribution in [3.05, 3.63) is 33.8 Å². The molecule has 0 amide bonds. The fraction of sp³-hybridized carbons (Fsp3) is 0.400. The van der Waals surface area contributed by atoms with E-state index in [1.165, 1.54) is 10.6 Å². The van der Waals surface area contributed by atoms with Crippen molar-refractivity contribution in [3.63, 3.8) is 0 Å². The summed E-state index contributed by atoms with van der Waals surface area (Å²) in [4.78, 5) is 0. The second kappa shape index (κ2) is 4.63. The van der Waals surface area contributed by atoms with E-state index in [0.717, 1.165) is 15.6 Å². The smallest absolute Gasteiger partial charge is 0.211 e. The maximum atomic E-state index is 11.2. The summed E-state index contributed by atoms with van der Waals surface area (Å²) in [5, 5.41) is 0. The van der Waals surface area contributed by atoms with Crippen LogP contribution >= 0.6 is 15.9 Å². The predicted molar refractivity (Wildman–Crippen MR) is 65.2 cm³/mol. The Bertz CT molecular complexity index is 456. The summed E-state index contributed by atoms with van der Waals surface area (Å²) in [6.45, 7) is 2.38. The number of sulfonamides is 1. The first-order valence-corrected chi connectivity index (χ1v) is 7.11. The lowest BCUT2D eigenvalue weighted by Crippen LogP contribution is -2.25. The highest BCUT2D eigenvalue weighted by Crippen LogP contribution is 2.17. The zero-order chi connectivity index (χ0) is 11.6. The standard InChI is InChI=1S/C10H14BrNO2S/c1-8-6-10(11)5-4-9(8)7-12(2)15(3,13)14/h4-6H,7H2,1-3H3. The summed E-state index contributed by atoms with van der Waals surface area (Å²) < 4.78 is 24.8. The van der Waals surface area contributed by atoms with Gasteiger partial charge in [-0.3, -0.25) is 0 Å². The molecule has 1 aromatic carbocycles. The van der Waals surface area contributed by atoms with Crippen LogP contribution in [0.25, 0.3) is 0 Å². The summed E-state index contributed by atoms with van der Waals surface area (Å²) in [6.07, 6.45) is 1.21. The topological polar surface area (TPSA) is 37.4 Å². The molecule has 0 aliphatic rings. The Morgan fingerprint density at radius 2 is 2.00 bits per heavy atom. The van der Waals surface area contributed by atoms with Gasteiger partial charge in [0.2, 0.25) is 10.0 Å². The monoisotopic (exact) mass is 291 g/mol. The average Bonchev–Trinajstić information content (AvgIpc) is 2.08. The zero-order valence-electron chi connectivity index (χ0n) is 8.99. The minimum atomic E-state index is -3.11. The molecular formula is C10H14BrNO2S. The molecule has 0 saturated heterocycles. The van der Waals surface area contributed by atoms with Crippen molar-refractivity contribution in [2.24, 2.45) is 0 Å². The number of rotatable bonds is 3. The molecule has 15 heavy (non-hydrogen) atoms. The molecule has 0 atom stereocenters. The van der Waals surface area contributed by atoms with Gasteiger partial charge in [0, 0.05) is 18.1 Å². The van der Waals surface area contributed by atoms with Crippen molar-refractivity contribution in [2.75, 3.05) is 13.3 Å². The molecule has 0 fully saturated rings. The molecule has 0 bridgehead atoms. The second-order valence-electron chi connectivity index (χ2n) is 3.59. The number of aryl methyl sites for hydroxylation is 1. The van der Waals surface area contributed by atoms with Crippen molar-refractivity contribution in [1.82, 2.24) is 4.31 Å². The average molecular weight is 292 g/mol. The molecule has 0 spiro atoms. The van der Waals surface area contributed by atoms with Crippen molar-refractivity contribution >= 4 is 26.0 Å². The Morgan fingerprint density at radius 1 is 1.40 bits per heavy atom. The van der Waals surface area contributed by atoms with Crippen molar-refractivity contribution in [3.8, 4) is 0 Å². The third kappa shape index (κ3) is 3.59. The highest BCUT2D eigenvalue weighted by Gasteiger charge is 2.12. The molecule has 0 aliphatic carbocycles. The number of hydrogen-bond acceptors (Lipinski definition) is 2. The largest absolute Gasteiger partial charge is 0.213 e. The fourth-order valence-corrected chi connectivity index (χ4v) is 2.04. The Morgan fingerprint density at radius 3 is 2.47 bits per heavy atom. The molecular weight excluding hydrogens is 278 g/mol. The molecule has 0 heterocycles. The SMILES string of the molecule is Cc1cc(Br)ccc1CN(C)S(C)(=O)=O. The van der Waals surface area contributed by atoms with E-state index in [0.29, 0.717) is 6.54 Å². The Labute approximate surface area is 99.3 Å². The van der Waals surface area contributed by atoms with Crippen LogP contribution in [0.4, 0.5) is 0 Å². The lowest BCUT2D eigenvalue weighted by Gasteiger charge is -2.15. The van der Waals surface area contributed by atoms with Crippen LogP contribution in [0.1, 0.15) is 11.1 Å². The second-order valence-corrected chi connectivity index (χ2v) is 6.59. The predicted octanol–water partition coefficient (Wildman–Crippen LogP) is 2.15. The van der Waals surface area contributed by atoms with Gasteiger partial charge in [-0.1, -0.05) is 22.0 Å². The van der Waals surface area contributed by atoms with E-state index in [2.05, 4.69) is 15.9 Å². The molecule has 0 radical (unpaired) electrons. The van der Waals surface area contributed by atoms with Gasteiger partial charge in [-0.15, -0.1) is 0 Å². The van der Waals surface area contributed by atoms with Gasteiger partial charge in [-0.25, -0.2) is 12.7 Å². The van der Waals surface area contributed by atoms with Gasteiger partial charge >= 0.3 is 0 Å². The lowest BCUT2D eigenvalue weighted by atomic mass is 10.1. The van der Waals surface area contributed by atoms with E-state index in [1.807, 2.05) is 25.1 Å². The molecule has 1 rings (SSSR count). The van der Waals surface area contributed by atoms with E-state index < -0.39 is 10.0 Å². The highest BCUT2D eigenvalue weighted by molar-refractivity contribution is 9.10. The van der Waals surface area contributed by atoms with E-state index in [-0.39, 0.29) is 0 Å². The minimum absolute atomic E-state index is 0.415. The van der Waals surface area contributed by atoms with Gasteiger partial charge in [0.25, 0.3) is 0 Å². The maximum Gasteiger partial charge on any atom is 0.211 e. The first-order valence-electron chi connectivity index (χ1n) is 4.47. The van der Waals surface area contributed by atoms with Gasteiger partial charge in [0.1, 0.15) is 0 Å². The maximum absolute atomic E-state index is 11.2. The van der Waals surface area contributed by atoms with Gasteiger partial charge in [0.05, 0.1) is 6.26 Å². The Balaban J connectivity index is 2.91. The van der Waals surface area contributed by atoms with Crippen LogP contribution in [0.5, 0.6) is 0 Å². The summed E-state index contributed by atoms with van der Waals surface area (Å²) in [7, 11) is -1.53. The minimum Gasteiger partial charge on any atom is -0.213 e. The van der Waals surface area contributed by atoms with Gasteiger partial charge in [-0.05, 0) is 30.2 Å². The zero-order valence-corrected chi connectivity index (χ0v) is 11.4. The van der Waals surface area contributed by atoms with Crippen LogP contribution in [-0.2, 0) is 16.6 Å². The van der Waals surface area contributed by atoms with Gasteiger partial charge in [0.15, 0.2) is 0 Å². The van der Waals surface area contributed by atoms with E-state index in [9.17, 15) is 8.42 Å². The lowest BCUT2D eigenvalue weighted by molar-refractivity contribution is 0.471. The Kier molecular flexibility index (Phi) is 3.92. The number of hydrogen-bond donors (Lipinski definition) is 0. The molecule has 0 aliphatic heterocycles. The highest BCUT2D eigenvalue weighted by atomic mass is 79.9. The summed E-state index contributed by atoms with van der Waals surface area (Å²) >= 11 is 3.37. The summed E-state index contributed by atoms with van der Waals surface area (Å²) in [6, 6.07) is 5.82. The summed E-state index contributed by atoms with van der Waals surface area (Å²) in [5.41, 5.74) is 2.10. The van der Waals surface area contributed by atoms with E-state index in [1.54, 1.807) is 7.05 Å². The third-order valence-corrected chi connectivity index (χ3v) is 4.02. The molecule has 0 saturated carbocycles. The first kappa shape index (κ1) is 12.7. The molecule has 0 unspecified atom stereocenters. The molecule has 5 heteroatoms. The molecule has 0 N–H and O–H groups in total. The quantitative estimate of drug-likeness (QED) is 0.856. The molecule has 84 valence electrons. The fourth-order valence-electron chi connectivity index (χ4n) is 1.19. The van der Waals surface area contributed by atoms with E-state index >= 15 is 0 Å². The van der Waals surface area contributed by atoms with Crippen LogP contribution in [0.15, 0.2) is 22.7 Å². The number of nitrogens with zero attached hydrogens (tertiary/aromatic N) is 1. The molecule has 0 aromatic heterocycles. The van der Waals surface area contributed by atoms with E-state index in [4.69, 9.17) is 0 Å². The normalized spacial score (nSPS) is 12.1. The Hall–Kier alpha value is -0.390.